The molecule has 2 heterocycles. The lowest BCUT2D eigenvalue weighted by atomic mass is 9.98. The molecule has 2 aliphatic heterocycles. The Hall–Kier alpha value is -3.22. The van der Waals surface area contributed by atoms with Crippen LogP contribution in [0.5, 0.6) is 0 Å². The molecule has 2 aromatic carbocycles. The number of nitrogens with one attached hydrogen (secondary N) is 2. The minimum absolute atomic E-state index is 0.131. The topological polar surface area (TPSA) is 78.5 Å². The molecule has 2 aromatic rings. The van der Waals surface area contributed by atoms with Gasteiger partial charge in [0.15, 0.2) is 0 Å². The predicted octanol–water partition coefficient (Wildman–Crippen LogP) is 2.24. The van der Waals surface area contributed by atoms with E-state index in [1.807, 2.05) is 6.07 Å². The van der Waals surface area contributed by atoms with Crippen LogP contribution < -0.4 is 15.5 Å². The number of hydrogen-bond acceptors (Lipinski definition) is 3. The molecule has 0 unspecified atom stereocenters. The van der Waals surface area contributed by atoms with Crippen LogP contribution in [0, 0.1) is 5.82 Å². The van der Waals surface area contributed by atoms with Crippen LogP contribution in [-0.4, -0.2) is 24.3 Å². The first-order valence-corrected chi connectivity index (χ1v) is 8.35. The van der Waals surface area contributed by atoms with Gasteiger partial charge in [0.1, 0.15) is 5.82 Å². The van der Waals surface area contributed by atoms with Crippen LogP contribution in [0.2, 0.25) is 0 Å². The third kappa shape index (κ3) is 2.92. The van der Waals surface area contributed by atoms with E-state index in [0.717, 1.165) is 23.2 Å². The summed E-state index contributed by atoms with van der Waals surface area (Å²) in [4.78, 5) is 37.9. The summed E-state index contributed by atoms with van der Waals surface area (Å²) < 4.78 is 12.9. The van der Waals surface area contributed by atoms with E-state index < -0.39 is 17.6 Å². The number of carbonyl (C=O) groups is 3. The molecule has 132 valence electrons. The summed E-state index contributed by atoms with van der Waals surface area (Å²) in [6.45, 7) is 0.656. The molecule has 6 nitrogen and oxygen atoms in total. The van der Waals surface area contributed by atoms with Gasteiger partial charge in [-0.1, -0.05) is 0 Å². The van der Waals surface area contributed by atoms with Crippen molar-refractivity contribution in [1.82, 2.24) is 0 Å². The Kier molecular flexibility index (Phi) is 3.91. The molecule has 0 saturated heterocycles. The highest BCUT2D eigenvalue weighted by Crippen LogP contribution is 2.38. The van der Waals surface area contributed by atoms with Crippen LogP contribution in [0.3, 0.4) is 0 Å². The number of nitrogens with zero attached hydrogens (tertiary/aromatic N) is 1. The van der Waals surface area contributed by atoms with Crippen molar-refractivity contribution >= 4 is 34.8 Å². The Balaban J connectivity index is 1.49. The van der Waals surface area contributed by atoms with E-state index in [0.29, 0.717) is 30.8 Å². The Morgan fingerprint density at radius 3 is 2.19 bits per heavy atom. The quantitative estimate of drug-likeness (QED) is 0.813. The van der Waals surface area contributed by atoms with E-state index in [-0.39, 0.29) is 5.91 Å². The van der Waals surface area contributed by atoms with Gasteiger partial charge in [0.2, 0.25) is 5.91 Å². The highest BCUT2D eigenvalue weighted by molar-refractivity contribution is 6.43. The van der Waals surface area contributed by atoms with Crippen molar-refractivity contribution in [3.63, 3.8) is 0 Å². The molecule has 0 saturated carbocycles. The largest absolute Gasteiger partial charge is 0.318 e. The summed E-state index contributed by atoms with van der Waals surface area (Å²) in [5, 5.41) is 5.02. The molecular formula is C19H16FN3O3. The number of aryl methyl sites for hydroxylation is 1. The van der Waals surface area contributed by atoms with Gasteiger partial charge in [0.05, 0.1) is 5.69 Å². The van der Waals surface area contributed by atoms with Crippen LogP contribution in [0.4, 0.5) is 21.5 Å². The van der Waals surface area contributed by atoms with Gasteiger partial charge in [0.25, 0.3) is 0 Å². The lowest BCUT2D eigenvalue weighted by Crippen LogP contribution is -2.33. The molecule has 26 heavy (non-hydrogen) atoms. The number of hydrogen-bond donors (Lipinski definition) is 2. The van der Waals surface area contributed by atoms with Gasteiger partial charge in [-0.15, -0.1) is 0 Å². The van der Waals surface area contributed by atoms with Crippen LogP contribution in [0.15, 0.2) is 36.4 Å². The van der Waals surface area contributed by atoms with Gasteiger partial charge in [-0.2, -0.15) is 0 Å². The van der Waals surface area contributed by atoms with Crippen LogP contribution in [0.25, 0.3) is 0 Å². The van der Waals surface area contributed by atoms with Gasteiger partial charge < -0.3 is 15.5 Å². The summed E-state index contributed by atoms with van der Waals surface area (Å²) in [5.41, 5.74) is 3.84. The van der Waals surface area contributed by atoms with Crippen molar-refractivity contribution in [1.29, 1.82) is 0 Å². The SMILES string of the molecule is O=C(Nc1ccc(F)cc1)C(=O)Nc1cc2c3c(c1)CCN3C(=O)CC2. The molecule has 0 bridgehead atoms. The third-order valence-corrected chi connectivity index (χ3v) is 4.62. The molecule has 0 aliphatic carbocycles. The average molecular weight is 353 g/mol. The second-order valence-corrected chi connectivity index (χ2v) is 6.35. The molecule has 4 rings (SSSR count). The number of amides is 3. The number of halogens is 1. The second-order valence-electron chi connectivity index (χ2n) is 6.35. The van der Waals surface area contributed by atoms with E-state index in [4.69, 9.17) is 0 Å². The van der Waals surface area contributed by atoms with E-state index >= 15 is 0 Å². The Morgan fingerprint density at radius 1 is 0.885 bits per heavy atom. The molecule has 0 fully saturated rings. The minimum Gasteiger partial charge on any atom is -0.318 e. The summed E-state index contributed by atoms with van der Waals surface area (Å²) in [6, 6.07) is 8.78. The zero-order valence-electron chi connectivity index (χ0n) is 13.8. The molecule has 7 heteroatoms. The van der Waals surface area contributed by atoms with E-state index in [2.05, 4.69) is 10.6 Å². The smallest absolute Gasteiger partial charge is 0.314 e. The number of carbonyl (C=O) groups excluding carboxylic acids is 3. The maximum absolute atomic E-state index is 12.9. The minimum atomic E-state index is -0.831. The molecule has 0 radical (unpaired) electrons. The number of rotatable bonds is 2. The first-order valence-electron chi connectivity index (χ1n) is 8.35. The Labute approximate surface area is 149 Å². The predicted molar refractivity (Wildman–Crippen MR) is 94.5 cm³/mol. The highest BCUT2D eigenvalue weighted by Gasteiger charge is 2.31. The van der Waals surface area contributed by atoms with E-state index in [9.17, 15) is 18.8 Å². The number of benzene rings is 2. The molecule has 0 aromatic heterocycles. The maximum atomic E-state index is 12.9. The Bertz CT molecular complexity index is 924. The van der Waals surface area contributed by atoms with Gasteiger partial charge in [-0.25, -0.2) is 4.39 Å². The molecule has 0 atom stereocenters. The van der Waals surface area contributed by atoms with Gasteiger partial charge >= 0.3 is 11.8 Å². The number of anilines is 3. The van der Waals surface area contributed by atoms with Crippen molar-refractivity contribution in [2.45, 2.75) is 19.3 Å². The molecule has 3 amide bonds. The highest BCUT2D eigenvalue weighted by atomic mass is 19.1. The lowest BCUT2D eigenvalue weighted by Gasteiger charge is -2.25. The zero-order chi connectivity index (χ0) is 18.3. The standard InChI is InChI=1S/C19H16FN3O3/c20-13-2-4-14(5-3-13)21-18(25)19(26)22-15-9-11-1-6-16(24)23-8-7-12(10-15)17(11)23/h2-5,9-10H,1,6-8H2,(H,21,25)(H,22,26). The maximum Gasteiger partial charge on any atom is 0.314 e. The summed E-state index contributed by atoms with van der Waals surface area (Å²) >= 11 is 0. The van der Waals surface area contributed by atoms with Crippen molar-refractivity contribution < 1.29 is 18.8 Å². The fourth-order valence-electron chi connectivity index (χ4n) is 3.44. The third-order valence-electron chi connectivity index (χ3n) is 4.62. The summed E-state index contributed by atoms with van der Waals surface area (Å²) in [6.07, 6.45) is 1.82. The van der Waals surface area contributed by atoms with Gasteiger partial charge in [-0.3, -0.25) is 14.4 Å². The van der Waals surface area contributed by atoms with Crippen molar-refractivity contribution in [2.24, 2.45) is 0 Å². The normalized spacial score (nSPS) is 14.8. The van der Waals surface area contributed by atoms with Crippen molar-refractivity contribution in [2.75, 3.05) is 22.1 Å². The average Bonchev–Trinajstić information content (AvgIpc) is 3.05. The molecule has 0 spiro atoms. The van der Waals surface area contributed by atoms with Gasteiger partial charge in [-0.05, 0) is 60.4 Å². The molecule has 2 aliphatic rings. The molecule has 2 N–H and O–H groups in total. The van der Waals surface area contributed by atoms with E-state index in [1.165, 1.54) is 24.3 Å². The van der Waals surface area contributed by atoms with E-state index in [1.54, 1.807) is 11.0 Å². The van der Waals surface area contributed by atoms with Crippen molar-refractivity contribution in [3.8, 4) is 0 Å². The summed E-state index contributed by atoms with van der Waals surface area (Å²) in [7, 11) is 0. The van der Waals surface area contributed by atoms with Crippen LogP contribution >= 0.6 is 0 Å². The second kappa shape index (κ2) is 6.25. The fraction of sp³-hybridized carbons (Fsp3) is 0.211. The lowest BCUT2D eigenvalue weighted by molar-refractivity contribution is -0.132. The Morgan fingerprint density at radius 2 is 1.50 bits per heavy atom. The summed E-state index contributed by atoms with van der Waals surface area (Å²) in [5.74, 6) is -1.93. The first kappa shape index (κ1) is 16.3. The van der Waals surface area contributed by atoms with Gasteiger partial charge in [0, 0.05) is 24.3 Å². The fourth-order valence-corrected chi connectivity index (χ4v) is 3.44. The van der Waals surface area contributed by atoms with Crippen LogP contribution in [-0.2, 0) is 27.2 Å². The van der Waals surface area contributed by atoms with Crippen molar-refractivity contribution in [3.05, 3.63) is 53.3 Å². The monoisotopic (exact) mass is 353 g/mol. The zero-order valence-corrected chi connectivity index (χ0v) is 13.8. The molecular weight excluding hydrogens is 337 g/mol. The van der Waals surface area contributed by atoms with Crippen LogP contribution in [0.1, 0.15) is 17.5 Å². The first-order chi connectivity index (χ1) is 12.5.